The summed E-state index contributed by atoms with van der Waals surface area (Å²) in [6.07, 6.45) is 88.9. The van der Waals surface area contributed by atoms with Crippen molar-refractivity contribution in [1.82, 2.24) is 0 Å². The Kier molecular flexibility index (Phi) is 57.4. The molecular formula is C67H108NO8P. The summed E-state index contributed by atoms with van der Waals surface area (Å²) in [5.74, 6) is -0.888. The van der Waals surface area contributed by atoms with E-state index in [-0.39, 0.29) is 32.6 Å². The van der Waals surface area contributed by atoms with Gasteiger partial charge in [0.15, 0.2) is 6.10 Å². The Hall–Kier alpha value is -4.37. The highest BCUT2D eigenvalue weighted by atomic mass is 31.2. The summed E-state index contributed by atoms with van der Waals surface area (Å²) in [7, 11) is -4.40. The molecule has 0 aromatic carbocycles. The Bertz CT molecular complexity index is 1810. The Morgan fingerprint density at radius 1 is 0.390 bits per heavy atom. The minimum Gasteiger partial charge on any atom is -0.462 e. The van der Waals surface area contributed by atoms with Gasteiger partial charge in [-0.25, -0.2) is 4.57 Å². The van der Waals surface area contributed by atoms with E-state index in [0.717, 1.165) is 116 Å². The molecule has 2 atom stereocenters. The van der Waals surface area contributed by atoms with Gasteiger partial charge < -0.3 is 20.1 Å². The van der Waals surface area contributed by atoms with Crippen molar-refractivity contribution < 1.29 is 37.6 Å². The van der Waals surface area contributed by atoms with Gasteiger partial charge in [-0.1, -0.05) is 242 Å². The van der Waals surface area contributed by atoms with Crippen molar-refractivity contribution in [2.24, 2.45) is 5.73 Å². The van der Waals surface area contributed by atoms with E-state index in [1.54, 1.807) is 0 Å². The minimum absolute atomic E-state index is 0.0403. The van der Waals surface area contributed by atoms with Crippen LogP contribution in [0, 0.1) is 0 Å². The number of carbonyl (C=O) groups is 2. The number of carbonyl (C=O) groups excluding carboxylic acids is 2. The van der Waals surface area contributed by atoms with Crippen molar-refractivity contribution in [1.29, 1.82) is 0 Å². The Morgan fingerprint density at radius 3 is 1.03 bits per heavy atom. The van der Waals surface area contributed by atoms with Crippen molar-refractivity contribution in [2.75, 3.05) is 26.4 Å². The third kappa shape index (κ3) is 60.7. The molecule has 434 valence electrons. The Labute approximate surface area is 470 Å². The molecule has 0 heterocycles. The highest BCUT2D eigenvalue weighted by molar-refractivity contribution is 7.47. The summed E-state index contributed by atoms with van der Waals surface area (Å²) in [6.45, 7) is 3.44. The van der Waals surface area contributed by atoms with Gasteiger partial charge in [0, 0.05) is 19.4 Å². The second kappa shape index (κ2) is 60.9. The van der Waals surface area contributed by atoms with Gasteiger partial charge in [-0.2, -0.15) is 0 Å². The highest BCUT2D eigenvalue weighted by Gasteiger charge is 2.26. The predicted octanol–water partition coefficient (Wildman–Crippen LogP) is 19.3. The summed E-state index contributed by atoms with van der Waals surface area (Å²) in [5.41, 5.74) is 5.37. The number of hydrogen-bond donors (Lipinski definition) is 2. The first-order chi connectivity index (χ1) is 37.8. The lowest BCUT2D eigenvalue weighted by Gasteiger charge is -2.19. The second-order valence-electron chi connectivity index (χ2n) is 19.1. The maximum absolute atomic E-state index is 12.7. The van der Waals surface area contributed by atoms with Crippen LogP contribution >= 0.6 is 7.82 Å². The lowest BCUT2D eigenvalue weighted by molar-refractivity contribution is -0.161. The molecule has 0 radical (unpaired) electrons. The fourth-order valence-corrected chi connectivity index (χ4v) is 8.32. The number of rotatable bonds is 54. The SMILES string of the molecule is CC/C=C\C/C=C\C/C=C\C/C=C\C/C=C\C/C=C\C/C=C\C/C=C\C/C=C\CCCCCCCCCCCCCCCC(=O)OC(COC(=O)CCCC/C=C\C/C=C\C/C=C\C/C=C\CC)COP(=O)(O)OCCN. The van der Waals surface area contributed by atoms with Crippen LogP contribution < -0.4 is 5.73 Å². The van der Waals surface area contributed by atoms with E-state index in [0.29, 0.717) is 12.8 Å². The molecule has 0 fully saturated rings. The average molecular weight is 1090 g/mol. The minimum atomic E-state index is -4.40. The number of phosphoric ester groups is 1. The van der Waals surface area contributed by atoms with Crippen LogP contribution in [0.25, 0.3) is 0 Å². The van der Waals surface area contributed by atoms with Gasteiger partial charge in [0.25, 0.3) is 0 Å². The van der Waals surface area contributed by atoms with E-state index in [1.165, 1.54) is 64.2 Å². The molecule has 3 N–H and O–H groups in total. The van der Waals surface area contributed by atoms with Gasteiger partial charge in [0.05, 0.1) is 13.2 Å². The fraction of sp³-hybridized carbons (Fsp3) is 0.582. The maximum Gasteiger partial charge on any atom is 0.472 e. The molecule has 77 heavy (non-hydrogen) atoms. The van der Waals surface area contributed by atoms with E-state index in [1.807, 2.05) is 0 Å². The molecule has 0 aliphatic carbocycles. The van der Waals surface area contributed by atoms with Gasteiger partial charge in [0.1, 0.15) is 6.61 Å². The molecule has 0 saturated heterocycles. The normalized spacial score (nSPS) is 14.2. The fourth-order valence-electron chi connectivity index (χ4n) is 7.56. The van der Waals surface area contributed by atoms with Gasteiger partial charge in [-0.05, 0) is 122 Å². The summed E-state index contributed by atoms with van der Waals surface area (Å²) < 4.78 is 32.9. The first-order valence-electron chi connectivity index (χ1n) is 30.0. The van der Waals surface area contributed by atoms with Crippen molar-refractivity contribution in [3.8, 4) is 0 Å². The van der Waals surface area contributed by atoms with E-state index >= 15 is 0 Å². The maximum atomic E-state index is 12.7. The van der Waals surface area contributed by atoms with Gasteiger partial charge >= 0.3 is 19.8 Å². The number of hydrogen-bond acceptors (Lipinski definition) is 8. The lowest BCUT2D eigenvalue weighted by atomic mass is 10.0. The molecular weight excluding hydrogens is 978 g/mol. The number of esters is 2. The largest absolute Gasteiger partial charge is 0.472 e. The molecule has 0 aliphatic rings. The molecule has 10 heteroatoms. The predicted molar refractivity (Wildman–Crippen MR) is 330 cm³/mol. The number of unbranched alkanes of at least 4 members (excludes halogenated alkanes) is 15. The van der Waals surface area contributed by atoms with Crippen LogP contribution in [0.4, 0.5) is 0 Å². The topological polar surface area (TPSA) is 134 Å². The Balaban J connectivity index is 3.95. The molecule has 0 spiro atoms. The third-order valence-corrected chi connectivity index (χ3v) is 12.9. The van der Waals surface area contributed by atoms with Crippen molar-refractivity contribution in [3.05, 3.63) is 158 Å². The van der Waals surface area contributed by atoms with Crippen LogP contribution in [-0.4, -0.2) is 49.3 Å². The Morgan fingerprint density at radius 2 is 0.675 bits per heavy atom. The van der Waals surface area contributed by atoms with Crippen LogP contribution in [0.1, 0.15) is 219 Å². The summed E-state index contributed by atoms with van der Waals surface area (Å²) in [6, 6.07) is 0. The standard InChI is InChI=1S/C67H108NO8P/c1-3-5-7-9-11-13-15-17-19-20-21-22-23-24-25-26-27-28-29-30-31-32-33-34-35-36-37-38-39-40-41-42-43-44-46-48-50-52-54-56-58-60-67(70)76-65(64-75-77(71,72)74-62-61-68)63-73-66(69)59-57-55-53-51-49-47-45-18-16-14-12-10-8-6-4-2/h5-8,11-14,17-19,21-22,24-25,27-28,30-31,33-34,36-37,45,49,51,65H,3-4,9-10,15-16,20,23,26,29,32,35,38-44,46-48,50,52-64,68H2,1-2H3,(H,71,72)/b7-5-,8-6-,13-11-,14-12-,19-17-,22-21-,25-24-,28-27-,31-30-,34-33-,37-36-,45-18-,51-49-. The zero-order valence-electron chi connectivity index (χ0n) is 48.4. The molecule has 9 nitrogen and oxygen atoms in total. The number of allylic oxidation sites excluding steroid dienone is 26. The van der Waals surface area contributed by atoms with E-state index in [2.05, 4.69) is 172 Å². The van der Waals surface area contributed by atoms with Crippen LogP contribution in [0.15, 0.2) is 158 Å². The molecule has 0 bridgehead atoms. The molecule has 0 aromatic heterocycles. The third-order valence-electron chi connectivity index (χ3n) is 11.9. The van der Waals surface area contributed by atoms with E-state index in [4.69, 9.17) is 24.3 Å². The van der Waals surface area contributed by atoms with Crippen molar-refractivity contribution in [2.45, 2.75) is 225 Å². The van der Waals surface area contributed by atoms with Crippen LogP contribution in [0.5, 0.6) is 0 Å². The lowest BCUT2D eigenvalue weighted by Crippen LogP contribution is -2.29. The zero-order valence-corrected chi connectivity index (χ0v) is 49.3. The molecule has 0 aliphatic heterocycles. The van der Waals surface area contributed by atoms with Gasteiger partial charge in [0.2, 0.25) is 0 Å². The zero-order chi connectivity index (χ0) is 55.9. The second-order valence-corrected chi connectivity index (χ2v) is 20.6. The van der Waals surface area contributed by atoms with E-state index < -0.39 is 32.5 Å². The number of nitrogens with two attached hydrogens (primary N) is 1. The first kappa shape index (κ1) is 72.6. The highest BCUT2D eigenvalue weighted by Crippen LogP contribution is 2.43. The molecule has 2 unspecified atom stereocenters. The molecule has 0 saturated carbocycles. The van der Waals surface area contributed by atoms with Crippen molar-refractivity contribution >= 4 is 19.8 Å². The van der Waals surface area contributed by atoms with Crippen LogP contribution in [0.3, 0.4) is 0 Å². The first-order valence-corrected chi connectivity index (χ1v) is 31.5. The number of phosphoric acid groups is 1. The van der Waals surface area contributed by atoms with Crippen molar-refractivity contribution in [3.63, 3.8) is 0 Å². The smallest absolute Gasteiger partial charge is 0.462 e. The van der Waals surface area contributed by atoms with E-state index in [9.17, 15) is 19.0 Å². The van der Waals surface area contributed by atoms with Crippen LogP contribution in [0.2, 0.25) is 0 Å². The van der Waals surface area contributed by atoms with Crippen LogP contribution in [-0.2, 0) is 32.7 Å². The summed E-state index contributed by atoms with van der Waals surface area (Å²) in [4.78, 5) is 35.1. The summed E-state index contributed by atoms with van der Waals surface area (Å²) >= 11 is 0. The molecule has 0 aromatic rings. The monoisotopic (exact) mass is 1090 g/mol. The van der Waals surface area contributed by atoms with Gasteiger partial charge in [-0.3, -0.25) is 18.6 Å². The summed E-state index contributed by atoms with van der Waals surface area (Å²) in [5, 5.41) is 0. The quantitative estimate of drug-likeness (QED) is 0.0264. The number of ether oxygens (including phenoxy) is 2. The average Bonchev–Trinajstić information content (AvgIpc) is 3.42. The van der Waals surface area contributed by atoms with Gasteiger partial charge in [-0.15, -0.1) is 0 Å². The molecule has 0 rings (SSSR count). The molecule has 0 amide bonds.